The number of hydrogen-bond acceptors (Lipinski definition) is 3. The molecule has 2 N–H and O–H groups in total. The van der Waals surface area contributed by atoms with Crippen molar-refractivity contribution < 1.29 is 4.92 Å². The van der Waals surface area contributed by atoms with Gasteiger partial charge in [-0.05, 0) is 25.3 Å². The van der Waals surface area contributed by atoms with Crippen LogP contribution in [0.2, 0.25) is 0 Å². The number of aryl methyl sites for hydroxylation is 1. The first-order valence-electron chi connectivity index (χ1n) is 5.23. The minimum Gasteiger partial charge on any atom is -0.328 e. The molecule has 16 heavy (non-hydrogen) atoms. The van der Waals surface area contributed by atoms with Crippen molar-refractivity contribution in [2.45, 2.75) is 32.2 Å². The summed E-state index contributed by atoms with van der Waals surface area (Å²) >= 11 is 3.23. The molecule has 4 nitrogen and oxygen atoms in total. The van der Waals surface area contributed by atoms with Crippen LogP contribution in [0, 0.1) is 10.1 Å². The lowest BCUT2D eigenvalue weighted by molar-refractivity contribution is -0.385. The zero-order valence-corrected chi connectivity index (χ0v) is 10.7. The lowest BCUT2D eigenvalue weighted by Gasteiger charge is -2.08. The minimum atomic E-state index is -0.350. The van der Waals surface area contributed by atoms with Crippen molar-refractivity contribution in [3.05, 3.63) is 38.3 Å². The predicted octanol–water partition coefficient (Wildman–Crippen LogP) is 3.03. The van der Waals surface area contributed by atoms with Crippen molar-refractivity contribution in [2.24, 2.45) is 5.73 Å². The molecule has 1 aromatic rings. The smallest absolute Gasteiger partial charge is 0.273 e. The van der Waals surface area contributed by atoms with Crippen molar-refractivity contribution in [2.75, 3.05) is 0 Å². The highest BCUT2D eigenvalue weighted by molar-refractivity contribution is 9.10. The summed E-state index contributed by atoms with van der Waals surface area (Å²) in [6.45, 7) is 2.01. The van der Waals surface area contributed by atoms with Gasteiger partial charge < -0.3 is 5.73 Å². The maximum atomic E-state index is 10.8. The molecule has 0 fully saturated rings. The molecule has 1 rings (SSSR count). The molecule has 0 saturated heterocycles. The summed E-state index contributed by atoms with van der Waals surface area (Å²) in [5.41, 5.74) is 6.71. The molecule has 0 spiro atoms. The third-order valence-electron chi connectivity index (χ3n) is 2.55. The lowest BCUT2D eigenvalue weighted by Crippen LogP contribution is -2.19. The van der Waals surface area contributed by atoms with E-state index in [1.807, 2.05) is 13.0 Å². The van der Waals surface area contributed by atoms with Gasteiger partial charge in [-0.1, -0.05) is 28.9 Å². The van der Waals surface area contributed by atoms with Gasteiger partial charge >= 0.3 is 0 Å². The number of nitro benzene ring substituents is 1. The first-order valence-corrected chi connectivity index (χ1v) is 6.02. The summed E-state index contributed by atoms with van der Waals surface area (Å²) < 4.78 is 0.725. The van der Waals surface area contributed by atoms with Crippen LogP contribution >= 0.6 is 15.9 Å². The molecule has 0 aliphatic carbocycles. The van der Waals surface area contributed by atoms with E-state index in [-0.39, 0.29) is 16.7 Å². The summed E-state index contributed by atoms with van der Waals surface area (Å²) in [5.74, 6) is 0. The molecule has 5 heteroatoms. The van der Waals surface area contributed by atoms with Crippen LogP contribution in [-0.4, -0.2) is 11.0 Å². The highest BCUT2D eigenvalue weighted by Gasteiger charge is 2.14. The topological polar surface area (TPSA) is 69.2 Å². The van der Waals surface area contributed by atoms with Crippen LogP contribution in [0.4, 0.5) is 5.69 Å². The molecule has 0 aliphatic heterocycles. The number of rotatable bonds is 5. The van der Waals surface area contributed by atoms with Gasteiger partial charge in [-0.25, -0.2) is 0 Å². The maximum Gasteiger partial charge on any atom is 0.273 e. The van der Waals surface area contributed by atoms with E-state index in [1.54, 1.807) is 6.07 Å². The monoisotopic (exact) mass is 286 g/mol. The molecule has 1 atom stereocenters. The third kappa shape index (κ3) is 3.57. The summed E-state index contributed by atoms with van der Waals surface area (Å²) in [6.07, 6.45) is 2.32. The van der Waals surface area contributed by atoms with E-state index in [2.05, 4.69) is 15.9 Å². The number of benzene rings is 1. The molecule has 0 heterocycles. The van der Waals surface area contributed by atoms with E-state index in [9.17, 15) is 10.1 Å². The average molecular weight is 287 g/mol. The fraction of sp³-hybridized carbons (Fsp3) is 0.455. The molecular weight excluding hydrogens is 272 g/mol. The number of nitrogens with two attached hydrogens (primary N) is 1. The fourth-order valence-electron chi connectivity index (χ4n) is 1.46. The Morgan fingerprint density at radius 3 is 2.81 bits per heavy atom. The molecular formula is C11H15BrN2O2. The summed E-state index contributed by atoms with van der Waals surface area (Å²) in [7, 11) is 0. The normalized spacial score (nSPS) is 12.4. The number of nitrogens with zero attached hydrogens (tertiary/aromatic N) is 1. The second-order valence-corrected chi connectivity index (χ2v) is 4.65. The van der Waals surface area contributed by atoms with Gasteiger partial charge in [-0.15, -0.1) is 0 Å². The van der Waals surface area contributed by atoms with Gasteiger partial charge in [0, 0.05) is 22.1 Å². The quantitative estimate of drug-likeness (QED) is 0.668. The Labute approximate surface area is 103 Å². The number of nitro groups is 1. The van der Waals surface area contributed by atoms with E-state index < -0.39 is 0 Å². The molecule has 0 aromatic heterocycles. The van der Waals surface area contributed by atoms with Crippen molar-refractivity contribution in [1.29, 1.82) is 0 Å². The largest absolute Gasteiger partial charge is 0.328 e. The maximum absolute atomic E-state index is 10.8. The second-order valence-electron chi connectivity index (χ2n) is 3.74. The molecule has 0 bridgehead atoms. The predicted molar refractivity (Wildman–Crippen MR) is 67.4 cm³/mol. The van der Waals surface area contributed by atoms with Crippen molar-refractivity contribution >= 4 is 21.6 Å². The van der Waals surface area contributed by atoms with Crippen molar-refractivity contribution in [3.8, 4) is 0 Å². The SMILES string of the molecule is CCC(N)CCc1ccc(Br)cc1[N+](=O)[O-]. The molecule has 1 aromatic carbocycles. The van der Waals surface area contributed by atoms with E-state index in [0.717, 1.165) is 22.9 Å². The van der Waals surface area contributed by atoms with Crippen LogP contribution in [-0.2, 0) is 6.42 Å². The molecule has 1 unspecified atom stereocenters. The van der Waals surface area contributed by atoms with E-state index >= 15 is 0 Å². The molecule has 0 amide bonds. The number of hydrogen-bond donors (Lipinski definition) is 1. The first-order chi connectivity index (χ1) is 7.54. The average Bonchev–Trinajstić information content (AvgIpc) is 2.26. The van der Waals surface area contributed by atoms with Gasteiger partial charge in [-0.3, -0.25) is 10.1 Å². The van der Waals surface area contributed by atoms with Gasteiger partial charge in [0.25, 0.3) is 5.69 Å². The Morgan fingerprint density at radius 1 is 1.56 bits per heavy atom. The molecule has 88 valence electrons. The highest BCUT2D eigenvalue weighted by atomic mass is 79.9. The molecule has 0 saturated carbocycles. The Hall–Kier alpha value is -0.940. The van der Waals surface area contributed by atoms with Gasteiger partial charge in [0.2, 0.25) is 0 Å². The standard InChI is InChI=1S/C11H15BrN2O2/c1-2-10(13)6-4-8-3-5-9(12)7-11(8)14(15)16/h3,5,7,10H,2,4,6,13H2,1H3. The third-order valence-corrected chi connectivity index (χ3v) is 3.05. The zero-order valence-electron chi connectivity index (χ0n) is 9.15. The Bertz CT molecular complexity index is 382. The van der Waals surface area contributed by atoms with Crippen LogP contribution in [0.25, 0.3) is 0 Å². The van der Waals surface area contributed by atoms with Crippen LogP contribution in [0.15, 0.2) is 22.7 Å². The highest BCUT2D eigenvalue weighted by Crippen LogP contribution is 2.24. The van der Waals surface area contributed by atoms with Crippen LogP contribution in [0.1, 0.15) is 25.3 Å². The number of halogens is 1. The van der Waals surface area contributed by atoms with Crippen molar-refractivity contribution in [1.82, 2.24) is 0 Å². The lowest BCUT2D eigenvalue weighted by atomic mass is 10.0. The van der Waals surface area contributed by atoms with Gasteiger partial charge in [0.05, 0.1) is 4.92 Å². The Balaban J connectivity index is 2.82. The molecule has 0 aliphatic rings. The van der Waals surface area contributed by atoms with E-state index in [4.69, 9.17) is 5.73 Å². The summed E-state index contributed by atoms with van der Waals surface area (Å²) in [6, 6.07) is 5.25. The fourth-order valence-corrected chi connectivity index (χ4v) is 1.81. The van der Waals surface area contributed by atoms with Crippen LogP contribution < -0.4 is 5.73 Å². The van der Waals surface area contributed by atoms with E-state index in [0.29, 0.717) is 6.42 Å². The summed E-state index contributed by atoms with van der Waals surface area (Å²) in [4.78, 5) is 10.5. The van der Waals surface area contributed by atoms with Gasteiger partial charge in [0.15, 0.2) is 0 Å². The van der Waals surface area contributed by atoms with Gasteiger partial charge in [-0.2, -0.15) is 0 Å². The zero-order chi connectivity index (χ0) is 12.1. The van der Waals surface area contributed by atoms with E-state index in [1.165, 1.54) is 6.07 Å². The minimum absolute atomic E-state index is 0.114. The Morgan fingerprint density at radius 2 is 2.25 bits per heavy atom. The van der Waals surface area contributed by atoms with Crippen molar-refractivity contribution in [3.63, 3.8) is 0 Å². The summed E-state index contributed by atoms with van der Waals surface area (Å²) in [5, 5.41) is 10.8. The van der Waals surface area contributed by atoms with Crippen LogP contribution in [0.3, 0.4) is 0 Å². The second kappa shape index (κ2) is 5.96. The van der Waals surface area contributed by atoms with Gasteiger partial charge in [0.1, 0.15) is 0 Å². The van der Waals surface area contributed by atoms with Crippen LogP contribution in [0.5, 0.6) is 0 Å². The first kappa shape index (κ1) is 13.1. The molecule has 0 radical (unpaired) electrons. The Kier molecular flexibility index (Phi) is 4.89.